The highest BCUT2D eigenvalue weighted by atomic mass is 32.2. The molecule has 11 heteroatoms. The number of H-pyrrole nitrogens is 1. The van der Waals surface area contributed by atoms with Crippen molar-refractivity contribution in [3.8, 4) is 5.75 Å². The Kier molecular flexibility index (Phi) is 8.04. The van der Waals surface area contributed by atoms with E-state index in [1.807, 2.05) is 20.8 Å². The van der Waals surface area contributed by atoms with E-state index in [2.05, 4.69) is 27.3 Å². The van der Waals surface area contributed by atoms with Gasteiger partial charge in [0.15, 0.2) is 0 Å². The predicted molar refractivity (Wildman–Crippen MR) is 154 cm³/mol. The number of ether oxygens (including phenoxy) is 2. The largest absolute Gasteiger partial charge is 0.493 e. The van der Waals surface area contributed by atoms with E-state index in [4.69, 9.17) is 14.0 Å². The summed E-state index contributed by atoms with van der Waals surface area (Å²) < 4.78 is 42.4. The van der Waals surface area contributed by atoms with Crippen LogP contribution in [-0.4, -0.2) is 73.8 Å². The third-order valence-corrected chi connectivity index (χ3v) is 10.4. The molecule has 3 N–H and O–H groups in total. The molecule has 1 saturated heterocycles. The van der Waals surface area contributed by atoms with E-state index in [-0.39, 0.29) is 22.7 Å². The number of rotatable bonds is 6. The van der Waals surface area contributed by atoms with Gasteiger partial charge in [0.2, 0.25) is 0 Å². The Balaban J connectivity index is 0.000000184. The number of anilines is 1. The Morgan fingerprint density at radius 1 is 1.20 bits per heavy atom. The number of fused-ring (bicyclic) bond motifs is 5. The van der Waals surface area contributed by atoms with Crippen LogP contribution in [0.15, 0.2) is 16.9 Å². The Morgan fingerprint density at radius 2 is 1.95 bits per heavy atom. The molecule has 6 rings (SSSR count). The minimum absolute atomic E-state index is 0.0145. The number of hydrogen-bond acceptors (Lipinski definition) is 8. The molecule has 220 valence electrons. The smallest absolute Gasteiger partial charge is 0.265 e. The fourth-order valence-corrected chi connectivity index (χ4v) is 8.50. The molecule has 0 radical (unpaired) electrons. The average Bonchev–Trinajstić information content (AvgIpc) is 3.23. The Morgan fingerprint density at radius 3 is 2.58 bits per heavy atom. The van der Waals surface area contributed by atoms with Crippen LogP contribution in [0, 0.1) is 16.7 Å². The molecule has 2 unspecified atom stereocenters. The van der Waals surface area contributed by atoms with E-state index >= 15 is 0 Å². The number of carbonyl (C=O) groups excluding carboxylic acids is 1. The molecule has 3 heterocycles. The summed E-state index contributed by atoms with van der Waals surface area (Å²) in [5.41, 5.74) is 2.70. The van der Waals surface area contributed by atoms with Crippen LogP contribution in [0.4, 0.5) is 5.69 Å². The highest BCUT2D eigenvalue weighted by Gasteiger charge is 2.65. The van der Waals surface area contributed by atoms with Crippen molar-refractivity contribution >= 4 is 32.5 Å². The number of aromatic nitrogens is 1. The Labute approximate surface area is 235 Å². The quantitative estimate of drug-likeness (QED) is 0.443. The molecule has 2 saturated carbocycles. The predicted octanol–water partition coefficient (Wildman–Crippen LogP) is 3.39. The van der Waals surface area contributed by atoms with Crippen molar-refractivity contribution in [2.45, 2.75) is 59.4 Å². The summed E-state index contributed by atoms with van der Waals surface area (Å²) in [7, 11) is -4.08. The SMILES string of the molecule is CC1(C)C2CCC1(CS(=O)(=O)O)C(=O)C2.CCOc1cc(CN2CCOCC2)cc2[nH]c(=O)c3c(c12)NCCC3. The van der Waals surface area contributed by atoms with Crippen molar-refractivity contribution in [1.29, 1.82) is 0 Å². The minimum Gasteiger partial charge on any atom is -0.493 e. The highest BCUT2D eigenvalue weighted by Crippen LogP contribution is 2.64. The summed E-state index contributed by atoms with van der Waals surface area (Å²) in [6.07, 6.45) is 3.77. The highest BCUT2D eigenvalue weighted by molar-refractivity contribution is 7.85. The molecule has 1 aromatic heterocycles. The third kappa shape index (κ3) is 5.41. The van der Waals surface area contributed by atoms with Crippen LogP contribution in [0.25, 0.3) is 10.9 Å². The van der Waals surface area contributed by atoms with Gasteiger partial charge in [-0.2, -0.15) is 8.42 Å². The zero-order valence-corrected chi connectivity index (χ0v) is 24.5. The maximum atomic E-state index is 12.5. The number of nitrogens with zero attached hydrogens (tertiary/aromatic N) is 1. The fraction of sp³-hybridized carbons (Fsp3) is 0.655. The molecular weight excluding hydrogens is 534 g/mol. The number of benzene rings is 1. The van der Waals surface area contributed by atoms with Crippen LogP contribution < -0.4 is 15.6 Å². The summed E-state index contributed by atoms with van der Waals surface area (Å²) in [4.78, 5) is 29.8. The summed E-state index contributed by atoms with van der Waals surface area (Å²) in [6, 6.07) is 4.21. The van der Waals surface area contributed by atoms with Crippen molar-refractivity contribution in [2.24, 2.45) is 16.7 Å². The second-order valence-electron chi connectivity index (χ2n) is 12.1. The molecule has 3 fully saturated rings. The minimum atomic E-state index is -4.08. The van der Waals surface area contributed by atoms with E-state index < -0.39 is 21.3 Å². The number of pyridine rings is 1. The van der Waals surface area contributed by atoms with Crippen molar-refractivity contribution in [2.75, 3.05) is 50.5 Å². The van der Waals surface area contributed by atoms with E-state index in [1.54, 1.807) is 0 Å². The van der Waals surface area contributed by atoms with Gasteiger partial charge >= 0.3 is 0 Å². The Bertz CT molecular complexity index is 1450. The first-order valence-corrected chi connectivity index (χ1v) is 15.9. The number of hydrogen-bond donors (Lipinski definition) is 3. The van der Waals surface area contributed by atoms with Gasteiger partial charge in [-0.05, 0) is 61.6 Å². The molecular formula is C29H41N3O7S. The maximum Gasteiger partial charge on any atom is 0.265 e. The summed E-state index contributed by atoms with van der Waals surface area (Å²) in [6.45, 7) is 11.6. The first-order valence-electron chi connectivity index (χ1n) is 14.3. The van der Waals surface area contributed by atoms with Crippen LogP contribution in [-0.2, 0) is 32.6 Å². The Hall–Kier alpha value is -2.47. The van der Waals surface area contributed by atoms with Gasteiger partial charge in [-0.3, -0.25) is 19.0 Å². The number of nitrogens with one attached hydrogen (secondary N) is 2. The topological polar surface area (TPSA) is 138 Å². The molecule has 2 atom stereocenters. The average molecular weight is 576 g/mol. The fourth-order valence-electron chi connectivity index (χ4n) is 7.20. The van der Waals surface area contributed by atoms with Gasteiger partial charge in [-0.1, -0.05) is 13.8 Å². The van der Waals surface area contributed by atoms with Crippen molar-refractivity contribution < 1.29 is 27.2 Å². The van der Waals surface area contributed by atoms with Crippen LogP contribution in [0.5, 0.6) is 5.75 Å². The molecule has 40 heavy (non-hydrogen) atoms. The van der Waals surface area contributed by atoms with Crippen LogP contribution in [0.2, 0.25) is 0 Å². The summed E-state index contributed by atoms with van der Waals surface area (Å²) >= 11 is 0. The lowest BCUT2D eigenvalue weighted by atomic mass is 9.70. The second kappa shape index (κ2) is 11.1. The van der Waals surface area contributed by atoms with Crippen LogP contribution >= 0.6 is 0 Å². The number of aromatic amines is 1. The van der Waals surface area contributed by atoms with Gasteiger partial charge in [0.05, 0.1) is 47.6 Å². The van der Waals surface area contributed by atoms with E-state index in [0.29, 0.717) is 19.4 Å². The summed E-state index contributed by atoms with van der Waals surface area (Å²) in [5.74, 6) is 0.751. The first-order chi connectivity index (χ1) is 18.9. The number of morpholine rings is 1. The van der Waals surface area contributed by atoms with Crippen LogP contribution in [0.1, 0.15) is 57.6 Å². The molecule has 2 aliphatic carbocycles. The zero-order valence-electron chi connectivity index (χ0n) is 23.7. The molecule has 4 aliphatic rings. The van der Waals surface area contributed by atoms with Crippen molar-refractivity contribution in [3.63, 3.8) is 0 Å². The third-order valence-electron chi connectivity index (χ3n) is 9.52. The van der Waals surface area contributed by atoms with Gasteiger partial charge in [0.25, 0.3) is 15.7 Å². The van der Waals surface area contributed by atoms with E-state index in [0.717, 1.165) is 92.1 Å². The second-order valence-corrected chi connectivity index (χ2v) is 13.5. The van der Waals surface area contributed by atoms with Crippen molar-refractivity contribution in [3.05, 3.63) is 33.6 Å². The lowest BCUT2D eigenvalue weighted by Gasteiger charge is -2.35. The molecule has 2 bridgehead atoms. The molecule has 1 aromatic carbocycles. The molecule has 10 nitrogen and oxygen atoms in total. The van der Waals surface area contributed by atoms with Crippen molar-refractivity contribution in [1.82, 2.24) is 9.88 Å². The summed E-state index contributed by atoms with van der Waals surface area (Å²) in [5, 5.41) is 4.42. The van der Waals surface area contributed by atoms with E-state index in [1.165, 1.54) is 0 Å². The van der Waals surface area contributed by atoms with E-state index in [9.17, 15) is 18.0 Å². The first kappa shape index (κ1) is 29.0. The molecule has 2 aliphatic heterocycles. The lowest BCUT2D eigenvalue weighted by molar-refractivity contribution is -0.128. The number of ketones is 1. The van der Waals surface area contributed by atoms with Gasteiger partial charge in [0, 0.05) is 38.2 Å². The monoisotopic (exact) mass is 575 g/mol. The van der Waals surface area contributed by atoms with Gasteiger partial charge in [-0.15, -0.1) is 0 Å². The van der Waals surface area contributed by atoms with Crippen LogP contribution in [0.3, 0.4) is 0 Å². The molecule has 0 spiro atoms. The maximum absolute atomic E-state index is 12.5. The molecule has 0 amide bonds. The van der Waals surface area contributed by atoms with Gasteiger partial charge < -0.3 is 19.8 Å². The number of Topliss-reactive ketones (excluding diaryl/α,β-unsaturated/α-hetero) is 1. The lowest BCUT2D eigenvalue weighted by Crippen LogP contribution is -2.42. The zero-order chi connectivity index (χ0) is 28.7. The van der Waals surface area contributed by atoms with Gasteiger partial charge in [0.1, 0.15) is 11.5 Å². The number of carbonyl (C=O) groups is 1. The molecule has 2 aromatic rings. The van der Waals surface area contributed by atoms with Gasteiger partial charge in [-0.25, -0.2) is 0 Å². The normalized spacial score (nSPS) is 25.7. The standard InChI is InChI=1S/C19H25N3O3.C10H16O4S/c1-2-25-16-11-13(12-22-6-8-24-9-7-22)10-15-17(16)18-14(19(23)21-15)4-3-5-20-18;1-9(2)7-3-4-10(9,8(11)5-7)6-15(12,13)14/h10-11,20H,2-9,12H2,1H3,(H,21,23);7H,3-6H2,1-2H3,(H,12,13,14).